The molecular weight excluding hydrogens is 332 g/mol. The molecule has 2 heterocycles. The summed E-state index contributed by atoms with van der Waals surface area (Å²) in [6.45, 7) is 2.41. The molecular formula is C18H20N6O2. The molecule has 26 heavy (non-hydrogen) atoms. The van der Waals surface area contributed by atoms with Gasteiger partial charge in [0.25, 0.3) is 5.56 Å². The van der Waals surface area contributed by atoms with E-state index in [9.17, 15) is 9.59 Å². The lowest BCUT2D eigenvalue weighted by Gasteiger charge is -2.05. The number of hydrogen-bond acceptors (Lipinski definition) is 5. The SMILES string of the molecule is CCn1c(N/N=C/C=C/c2ccccc2)nc2c1c(=O)n(C)c(=O)n2C. The Labute approximate surface area is 149 Å². The van der Waals surface area contributed by atoms with E-state index in [2.05, 4.69) is 15.5 Å². The van der Waals surface area contributed by atoms with E-state index in [4.69, 9.17) is 0 Å². The Bertz CT molecular complexity index is 1100. The van der Waals surface area contributed by atoms with Crippen LogP contribution in [-0.2, 0) is 20.6 Å². The van der Waals surface area contributed by atoms with E-state index in [1.807, 2.05) is 43.3 Å². The molecule has 0 bridgehead atoms. The summed E-state index contributed by atoms with van der Waals surface area (Å²) < 4.78 is 4.13. The van der Waals surface area contributed by atoms with Crippen molar-refractivity contribution in [2.24, 2.45) is 19.2 Å². The number of benzene rings is 1. The van der Waals surface area contributed by atoms with Gasteiger partial charge >= 0.3 is 5.69 Å². The Kier molecular flexibility index (Phi) is 4.83. The Morgan fingerprint density at radius 3 is 2.58 bits per heavy atom. The maximum atomic E-state index is 12.4. The van der Waals surface area contributed by atoms with Crippen LogP contribution in [0.25, 0.3) is 17.2 Å². The minimum atomic E-state index is -0.413. The Balaban J connectivity index is 1.91. The van der Waals surface area contributed by atoms with Crippen LogP contribution in [0.2, 0.25) is 0 Å². The third kappa shape index (κ3) is 3.08. The van der Waals surface area contributed by atoms with Gasteiger partial charge in [0.05, 0.1) is 0 Å². The average molecular weight is 352 g/mol. The lowest BCUT2D eigenvalue weighted by atomic mass is 10.2. The van der Waals surface area contributed by atoms with Gasteiger partial charge in [0.2, 0.25) is 5.95 Å². The van der Waals surface area contributed by atoms with Crippen LogP contribution in [0.3, 0.4) is 0 Å². The summed E-state index contributed by atoms with van der Waals surface area (Å²) in [6.07, 6.45) is 5.33. The number of imidazole rings is 1. The lowest BCUT2D eigenvalue weighted by Crippen LogP contribution is -2.37. The topological polar surface area (TPSA) is 86.2 Å². The standard InChI is InChI=1S/C18H20N6O2/c1-4-24-14-15(22(2)18(26)23(3)16(14)25)20-17(24)21-19-12-8-11-13-9-6-5-7-10-13/h5-12H,4H2,1-3H3,(H,20,21)/b11-8+,19-12+. The smallest absolute Gasteiger partial charge is 0.303 e. The van der Waals surface area contributed by atoms with Crippen molar-refractivity contribution in [1.82, 2.24) is 18.7 Å². The molecule has 3 aromatic rings. The minimum Gasteiger partial charge on any atom is -0.303 e. The van der Waals surface area contributed by atoms with Crippen LogP contribution in [0.4, 0.5) is 5.95 Å². The van der Waals surface area contributed by atoms with Gasteiger partial charge in [-0.25, -0.2) is 10.2 Å². The Morgan fingerprint density at radius 1 is 1.15 bits per heavy atom. The predicted molar refractivity (Wildman–Crippen MR) is 103 cm³/mol. The molecule has 0 spiro atoms. The fraction of sp³-hybridized carbons (Fsp3) is 0.222. The molecule has 0 radical (unpaired) electrons. The molecule has 8 nitrogen and oxygen atoms in total. The molecule has 1 aromatic carbocycles. The van der Waals surface area contributed by atoms with Crippen molar-refractivity contribution in [1.29, 1.82) is 0 Å². The summed E-state index contributed by atoms with van der Waals surface area (Å²) >= 11 is 0. The number of hydrogen-bond donors (Lipinski definition) is 1. The maximum Gasteiger partial charge on any atom is 0.332 e. The van der Waals surface area contributed by atoms with Crippen LogP contribution in [0.5, 0.6) is 0 Å². The maximum absolute atomic E-state index is 12.4. The predicted octanol–water partition coefficient (Wildman–Crippen LogP) is 1.56. The molecule has 0 amide bonds. The lowest BCUT2D eigenvalue weighted by molar-refractivity contribution is 0.700. The Morgan fingerprint density at radius 2 is 1.88 bits per heavy atom. The molecule has 0 aliphatic rings. The van der Waals surface area contributed by atoms with Crippen LogP contribution in [0, 0.1) is 0 Å². The highest BCUT2D eigenvalue weighted by atomic mass is 16.2. The third-order valence-electron chi connectivity index (χ3n) is 4.08. The van der Waals surface area contributed by atoms with Crippen LogP contribution in [0.1, 0.15) is 12.5 Å². The number of anilines is 1. The molecule has 0 unspecified atom stereocenters. The largest absolute Gasteiger partial charge is 0.332 e. The molecule has 2 aromatic heterocycles. The van der Waals surface area contributed by atoms with Crippen LogP contribution in [-0.4, -0.2) is 24.9 Å². The first-order chi connectivity index (χ1) is 12.5. The first kappa shape index (κ1) is 17.4. The van der Waals surface area contributed by atoms with E-state index in [1.54, 1.807) is 23.9 Å². The molecule has 0 atom stereocenters. The number of allylic oxidation sites excluding steroid dienone is 1. The summed E-state index contributed by atoms with van der Waals surface area (Å²) in [5.41, 5.74) is 3.82. The van der Waals surface area contributed by atoms with E-state index in [1.165, 1.54) is 11.6 Å². The van der Waals surface area contributed by atoms with Crippen molar-refractivity contribution in [3.05, 3.63) is 62.8 Å². The molecule has 0 fully saturated rings. The highest BCUT2D eigenvalue weighted by Crippen LogP contribution is 2.15. The highest BCUT2D eigenvalue weighted by Gasteiger charge is 2.17. The van der Waals surface area contributed by atoms with Crippen LogP contribution in [0.15, 0.2) is 51.1 Å². The zero-order chi connectivity index (χ0) is 18.7. The van der Waals surface area contributed by atoms with Crippen molar-refractivity contribution in [2.75, 3.05) is 5.43 Å². The molecule has 8 heteroatoms. The van der Waals surface area contributed by atoms with Crippen LogP contribution < -0.4 is 16.7 Å². The number of hydrazone groups is 1. The first-order valence-corrected chi connectivity index (χ1v) is 8.21. The number of aryl methyl sites for hydroxylation is 2. The quantitative estimate of drug-likeness (QED) is 0.558. The van der Waals surface area contributed by atoms with Gasteiger partial charge in [-0.2, -0.15) is 10.1 Å². The van der Waals surface area contributed by atoms with E-state index < -0.39 is 5.69 Å². The fourth-order valence-electron chi connectivity index (χ4n) is 2.70. The van der Waals surface area contributed by atoms with E-state index >= 15 is 0 Å². The van der Waals surface area contributed by atoms with Gasteiger partial charge in [-0.3, -0.25) is 13.9 Å². The van der Waals surface area contributed by atoms with Gasteiger partial charge in [0.15, 0.2) is 11.2 Å². The van der Waals surface area contributed by atoms with Gasteiger partial charge in [-0.1, -0.05) is 36.4 Å². The zero-order valence-electron chi connectivity index (χ0n) is 14.9. The number of nitrogens with zero attached hydrogens (tertiary/aromatic N) is 5. The van der Waals surface area contributed by atoms with Gasteiger partial charge in [-0.05, 0) is 18.6 Å². The summed E-state index contributed by atoms with van der Waals surface area (Å²) in [5.74, 6) is 0.408. The monoisotopic (exact) mass is 352 g/mol. The summed E-state index contributed by atoms with van der Waals surface area (Å²) in [4.78, 5) is 28.9. The molecule has 0 aliphatic heterocycles. The van der Waals surface area contributed by atoms with E-state index in [-0.39, 0.29) is 5.56 Å². The molecule has 3 rings (SSSR count). The average Bonchev–Trinajstić information content (AvgIpc) is 3.04. The third-order valence-corrected chi connectivity index (χ3v) is 4.08. The fourth-order valence-corrected chi connectivity index (χ4v) is 2.70. The van der Waals surface area contributed by atoms with Crippen molar-refractivity contribution in [2.45, 2.75) is 13.5 Å². The summed E-state index contributed by atoms with van der Waals surface area (Å²) in [7, 11) is 3.05. The number of rotatable bonds is 5. The highest BCUT2D eigenvalue weighted by molar-refractivity contribution is 5.79. The molecule has 0 saturated heterocycles. The number of aromatic nitrogens is 4. The number of fused-ring (bicyclic) bond motifs is 1. The second kappa shape index (κ2) is 7.22. The Hall–Kier alpha value is -3.42. The summed E-state index contributed by atoms with van der Waals surface area (Å²) in [6, 6.07) is 9.86. The molecule has 134 valence electrons. The second-order valence-electron chi connectivity index (χ2n) is 5.72. The van der Waals surface area contributed by atoms with Gasteiger partial charge in [-0.15, -0.1) is 0 Å². The second-order valence-corrected chi connectivity index (χ2v) is 5.72. The van der Waals surface area contributed by atoms with Gasteiger partial charge in [0.1, 0.15) is 0 Å². The van der Waals surface area contributed by atoms with Crippen molar-refractivity contribution >= 4 is 29.4 Å². The van der Waals surface area contributed by atoms with Crippen molar-refractivity contribution < 1.29 is 0 Å². The zero-order valence-corrected chi connectivity index (χ0v) is 14.9. The molecule has 0 aliphatic carbocycles. The summed E-state index contributed by atoms with van der Waals surface area (Å²) in [5, 5.41) is 4.12. The van der Waals surface area contributed by atoms with E-state index in [0.717, 1.165) is 10.1 Å². The van der Waals surface area contributed by atoms with Crippen LogP contribution >= 0.6 is 0 Å². The van der Waals surface area contributed by atoms with Gasteiger partial charge in [0, 0.05) is 26.9 Å². The van der Waals surface area contributed by atoms with Crippen molar-refractivity contribution in [3.63, 3.8) is 0 Å². The normalized spacial score (nSPS) is 11.8. The van der Waals surface area contributed by atoms with Gasteiger partial charge < -0.3 is 4.57 Å². The molecule has 0 saturated carbocycles. The minimum absolute atomic E-state index is 0.331. The van der Waals surface area contributed by atoms with Crippen molar-refractivity contribution in [3.8, 4) is 0 Å². The van der Waals surface area contributed by atoms with E-state index in [0.29, 0.717) is 23.7 Å². The molecule has 1 N–H and O–H groups in total. The number of nitrogens with one attached hydrogen (secondary N) is 1. The first-order valence-electron chi connectivity index (χ1n) is 8.21.